The highest BCUT2D eigenvalue weighted by atomic mass is 16.8. The van der Waals surface area contributed by atoms with Gasteiger partial charge in [-0.3, -0.25) is 5.41 Å². The topological polar surface area (TPSA) is 173 Å². The van der Waals surface area contributed by atoms with Crippen molar-refractivity contribution in [3.63, 3.8) is 0 Å². The number of nitrogens with zero attached hydrogens (tertiary/aromatic N) is 3. The zero-order valence-electron chi connectivity index (χ0n) is 12.4. The molecule has 1 aromatic rings. The molecule has 0 unspecified atom stereocenters. The molecule has 0 radical (unpaired) electrons. The van der Waals surface area contributed by atoms with Crippen molar-refractivity contribution in [1.29, 1.82) is 5.41 Å². The molecule has 1 aliphatic heterocycles. The van der Waals surface area contributed by atoms with Crippen LogP contribution in [0.15, 0.2) is 6.07 Å². The number of anilines is 2. The number of nitrogen functional groups attached to an aromatic ring is 1. The molecule has 0 spiro atoms. The van der Waals surface area contributed by atoms with Gasteiger partial charge in [0.1, 0.15) is 5.82 Å². The first-order valence-corrected chi connectivity index (χ1v) is 6.73. The minimum atomic E-state index is -0.0912. The van der Waals surface area contributed by atoms with Crippen molar-refractivity contribution < 1.29 is 25.6 Å². The Balaban J connectivity index is -0.00000110. The second kappa shape index (κ2) is 13.5. The minimum Gasteiger partial charge on any atom is -0.412 e. The van der Waals surface area contributed by atoms with Crippen LogP contribution >= 0.6 is 0 Å². The largest absolute Gasteiger partial charge is 0.412 e. The van der Waals surface area contributed by atoms with Crippen LogP contribution in [0.1, 0.15) is 34.1 Å². The number of aromatic nitrogens is 2. The highest BCUT2D eigenvalue weighted by molar-refractivity contribution is 5.41. The third-order valence-corrected chi connectivity index (χ3v) is 3.10. The molecule has 1 saturated heterocycles. The molecule has 0 aliphatic carbocycles. The fraction of sp³-hybridized carbons (Fsp3) is 0.714. The Morgan fingerprint density at radius 3 is 2.38 bits per heavy atom. The fourth-order valence-corrected chi connectivity index (χ4v) is 2.13. The Morgan fingerprint density at radius 2 is 1.83 bits per heavy atom. The molecule has 0 atom stereocenters. The zero-order valence-corrected chi connectivity index (χ0v) is 12.4. The van der Waals surface area contributed by atoms with Crippen molar-refractivity contribution in [3.05, 3.63) is 11.6 Å². The second-order valence-electron chi connectivity index (χ2n) is 4.58. The van der Waals surface area contributed by atoms with Gasteiger partial charge in [0, 0.05) is 19.2 Å². The predicted molar refractivity (Wildman–Crippen MR) is 93.7 cm³/mol. The maximum Gasteiger partial charge on any atom is 0.238 e. The van der Waals surface area contributed by atoms with Crippen LogP contribution in [-0.4, -0.2) is 58.9 Å². The standard InChI is InChI=1S/C12H21N5O3.2CH4.2H2O/c13-10-8-11(16-4-2-1-3-5-16)15-12(14)17(10)20-9-19-7-6-18;;;;/h8,13,18H,1-7,9H2,(H2,14,15);2*1H4;2*1H2. The molecule has 0 bridgehead atoms. The first-order chi connectivity index (χ1) is 9.72. The van der Waals surface area contributed by atoms with Gasteiger partial charge in [-0.25, -0.2) is 0 Å². The molecule has 10 heteroatoms. The van der Waals surface area contributed by atoms with Crippen molar-refractivity contribution in [3.8, 4) is 0 Å². The van der Waals surface area contributed by atoms with E-state index in [4.69, 9.17) is 25.8 Å². The molecular formula is C14H33N5O5. The van der Waals surface area contributed by atoms with Crippen LogP contribution in [0.2, 0.25) is 0 Å². The van der Waals surface area contributed by atoms with E-state index in [-0.39, 0.29) is 57.2 Å². The lowest BCUT2D eigenvalue weighted by atomic mass is 10.1. The first-order valence-electron chi connectivity index (χ1n) is 6.73. The third-order valence-electron chi connectivity index (χ3n) is 3.10. The summed E-state index contributed by atoms with van der Waals surface area (Å²) in [5.74, 6) is 0.828. The first kappa shape index (κ1) is 27.0. The van der Waals surface area contributed by atoms with E-state index in [2.05, 4.69) is 9.88 Å². The normalized spacial score (nSPS) is 12.8. The van der Waals surface area contributed by atoms with Crippen molar-refractivity contribution in [2.45, 2.75) is 34.1 Å². The minimum absolute atomic E-state index is 0. The Kier molecular flexibility index (Phi) is 15.2. The van der Waals surface area contributed by atoms with E-state index in [1.807, 2.05) is 0 Å². The molecule has 1 fully saturated rings. The molecule has 0 amide bonds. The summed E-state index contributed by atoms with van der Waals surface area (Å²) in [4.78, 5) is 11.6. The number of rotatable bonds is 6. The summed E-state index contributed by atoms with van der Waals surface area (Å²) in [6.07, 6.45) is 3.50. The van der Waals surface area contributed by atoms with Crippen LogP contribution in [-0.2, 0) is 4.74 Å². The molecule has 0 saturated carbocycles. The molecule has 24 heavy (non-hydrogen) atoms. The summed E-state index contributed by atoms with van der Waals surface area (Å²) >= 11 is 0. The van der Waals surface area contributed by atoms with Crippen molar-refractivity contribution in [2.24, 2.45) is 0 Å². The van der Waals surface area contributed by atoms with E-state index in [0.29, 0.717) is 5.82 Å². The van der Waals surface area contributed by atoms with Crippen LogP contribution in [0.25, 0.3) is 0 Å². The van der Waals surface area contributed by atoms with E-state index in [9.17, 15) is 0 Å². The van der Waals surface area contributed by atoms with Gasteiger partial charge in [0.2, 0.25) is 12.7 Å². The van der Waals surface area contributed by atoms with E-state index in [1.54, 1.807) is 6.07 Å². The summed E-state index contributed by atoms with van der Waals surface area (Å²) in [5, 5.41) is 16.5. The second-order valence-corrected chi connectivity index (χ2v) is 4.58. The van der Waals surface area contributed by atoms with Gasteiger partial charge in [0.25, 0.3) is 0 Å². The Labute approximate surface area is 142 Å². The number of hydrogen-bond donors (Lipinski definition) is 3. The molecule has 1 aliphatic rings. The molecule has 1 aromatic heterocycles. The lowest BCUT2D eigenvalue weighted by molar-refractivity contribution is -0.0701. The van der Waals surface area contributed by atoms with Gasteiger partial charge in [-0.1, -0.05) is 14.9 Å². The van der Waals surface area contributed by atoms with Gasteiger partial charge < -0.3 is 36.3 Å². The van der Waals surface area contributed by atoms with Gasteiger partial charge >= 0.3 is 0 Å². The summed E-state index contributed by atoms with van der Waals surface area (Å²) in [6, 6.07) is 1.63. The van der Waals surface area contributed by atoms with E-state index < -0.39 is 0 Å². The summed E-state index contributed by atoms with van der Waals surface area (Å²) in [7, 11) is 0. The van der Waals surface area contributed by atoms with Crippen molar-refractivity contribution in [2.75, 3.05) is 43.7 Å². The predicted octanol–water partition coefficient (Wildman–Crippen LogP) is -1.05. The third kappa shape index (κ3) is 7.13. The Hall–Kier alpha value is -1.88. The van der Waals surface area contributed by atoms with Crippen LogP contribution in [0.4, 0.5) is 11.8 Å². The summed E-state index contributed by atoms with van der Waals surface area (Å²) < 4.78 is 6.09. The van der Waals surface area contributed by atoms with Crippen LogP contribution < -0.4 is 21.0 Å². The summed E-state index contributed by atoms with van der Waals surface area (Å²) in [5.41, 5.74) is 5.94. The number of piperidine rings is 1. The smallest absolute Gasteiger partial charge is 0.238 e. The average molecular weight is 351 g/mol. The highest BCUT2D eigenvalue weighted by Gasteiger charge is 2.14. The molecule has 2 heterocycles. The van der Waals surface area contributed by atoms with E-state index in [1.165, 1.54) is 6.42 Å². The molecule has 2 rings (SSSR count). The molecule has 8 N–H and O–H groups in total. The SMILES string of the molecule is C.C.N=c1cc(N2CCCCC2)nc(N)n1OCOCCO.O.O. The molecule has 0 aromatic carbocycles. The number of nitrogens with one attached hydrogen (secondary N) is 1. The van der Waals surface area contributed by atoms with Gasteiger partial charge in [-0.05, 0) is 19.3 Å². The lowest BCUT2D eigenvalue weighted by Crippen LogP contribution is -2.35. The summed E-state index contributed by atoms with van der Waals surface area (Å²) in [6.45, 7) is 1.88. The Morgan fingerprint density at radius 1 is 1.21 bits per heavy atom. The van der Waals surface area contributed by atoms with Crippen LogP contribution in [0, 0.1) is 5.41 Å². The number of hydrogen-bond acceptors (Lipinski definition) is 7. The van der Waals surface area contributed by atoms with E-state index >= 15 is 0 Å². The maximum absolute atomic E-state index is 8.59. The van der Waals surface area contributed by atoms with Crippen LogP contribution in [0.3, 0.4) is 0 Å². The van der Waals surface area contributed by atoms with E-state index in [0.717, 1.165) is 30.7 Å². The van der Waals surface area contributed by atoms with Crippen molar-refractivity contribution in [1.82, 2.24) is 9.71 Å². The maximum atomic E-state index is 8.59. The molecule has 144 valence electrons. The van der Waals surface area contributed by atoms with Gasteiger partial charge in [-0.2, -0.15) is 4.98 Å². The number of ether oxygens (including phenoxy) is 1. The number of aliphatic hydroxyl groups excluding tert-OH is 1. The van der Waals surface area contributed by atoms with Crippen LogP contribution in [0.5, 0.6) is 0 Å². The Bertz CT molecular complexity index is 491. The number of aliphatic hydroxyl groups is 1. The lowest BCUT2D eigenvalue weighted by Gasteiger charge is -2.28. The van der Waals surface area contributed by atoms with Crippen molar-refractivity contribution >= 4 is 11.8 Å². The molecular weight excluding hydrogens is 318 g/mol. The zero-order chi connectivity index (χ0) is 14.4. The average Bonchev–Trinajstić information content (AvgIpc) is 2.46. The fourth-order valence-electron chi connectivity index (χ4n) is 2.13. The monoisotopic (exact) mass is 351 g/mol. The highest BCUT2D eigenvalue weighted by Crippen LogP contribution is 2.16. The van der Waals surface area contributed by atoms with Gasteiger partial charge in [0.05, 0.1) is 13.2 Å². The van der Waals surface area contributed by atoms with Gasteiger partial charge in [0.15, 0.2) is 5.49 Å². The number of nitrogens with two attached hydrogens (primary N) is 1. The quantitative estimate of drug-likeness (QED) is 0.435. The van der Waals surface area contributed by atoms with Gasteiger partial charge in [-0.15, -0.1) is 4.73 Å². The molecule has 10 nitrogen and oxygen atoms in total.